The highest BCUT2D eigenvalue weighted by atomic mass is 19.3. The lowest BCUT2D eigenvalue weighted by Gasteiger charge is -2.35. The Balaban J connectivity index is 1.53. The van der Waals surface area contributed by atoms with Crippen molar-refractivity contribution in [3.8, 4) is 0 Å². The third-order valence-corrected chi connectivity index (χ3v) is 5.94. The molecule has 180 valence electrons. The molecule has 1 unspecified atom stereocenters. The first-order chi connectivity index (χ1) is 15.9. The average molecular weight is 462 g/mol. The van der Waals surface area contributed by atoms with Crippen molar-refractivity contribution in [2.75, 3.05) is 32.7 Å². The van der Waals surface area contributed by atoms with Gasteiger partial charge in [0.1, 0.15) is 0 Å². The van der Waals surface area contributed by atoms with Gasteiger partial charge in [0.05, 0.1) is 6.54 Å². The maximum Gasteiger partial charge on any atom is 0.286 e. The summed E-state index contributed by atoms with van der Waals surface area (Å²) >= 11 is 0. The van der Waals surface area contributed by atoms with E-state index in [1.165, 1.54) is 0 Å². The van der Waals surface area contributed by atoms with Crippen LogP contribution in [0.15, 0.2) is 30.5 Å². The Hall–Kier alpha value is -3.01. The van der Waals surface area contributed by atoms with Crippen molar-refractivity contribution < 1.29 is 13.6 Å². The number of nitrogens with one attached hydrogen (secondary N) is 5. The van der Waals surface area contributed by atoms with Gasteiger partial charge in [0.2, 0.25) is 0 Å². The summed E-state index contributed by atoms with van der Waals surface area (Å²) in [6, 6.07) is 7.88. The van der Waals surface area contributed by atoms with E-state index in [9.17, 15) is 13.6 Å². The van der Waals surface area contributed by atoms with Gasteiger partial charge in [-0.1, -0.05) is 38.0 Å². The molecule has 33 heavy (non-hydrogen) atoms. The molecule has 1 saturated heterocycles. The molecule has 0 radical (unpaired) electrons. The van der Waals surface area contributed by atoms with Crippen LogP contribution in [0.25, 0.3) is 10.9 Å². The number of fused-ring (bicyclic) bond motifs is 1. The first-order valence-corrected chi connectivity index (χ1v) is 11.4. The second-order valence-electron chi connectivity index (χ2n) is 8.40. The van der Waals surface area contributed by atoms with Gasteiger partial charge in [-0.25, -0.2) is 8.78 Å². The highest BCUT2D eigenvalue weighted by Gasteiger charge is 2.23. The number of unbranched alkanes of at least 4 members (excludes halogenated alkanes) is 1. The number of carbonyl (C=O) groups is 1. The standard InChI is InChI=1S/C23H33F2N7O/c1-2-3-6-17(13-16-14-28-19-8-5-4-7-18(16)19)29-22(33)21(26)30-23(27)32-11-9-31(10-12-32)15-20(24)25/h4-5,7-8,14,17,20,28H,2-3,6,9-13,15H2,1H3,(H,29,33)(H3,26,27,30). The molecule has 1 aromatic carbocycles. The number of aromatic nitrogens is 1. The molecule has 5 N–H and O–H groups in total. The lowest BCUT2D eigenvalue weighted by molar-refractivity contribution is -0.115. The lowest BCUT2D eigenvalue weighted by atomic mass is 10.0. The van der Waals surface area contributed by atoms with Gasteiger partial charge in [0.25, 0.3) is 12.3 Å². The number of halogens is 2. The number of amides is 1. The molecule has 1 fully saturated rings. The van der Waals surface area contributed by atoms with Crippen LogP contribution >= 0.6 is 0 Å². The molecule has 1 aliphatic heterocycles. The summed E-state index contributed by atoms with van der Waals surface area (Å²) in [5, 5.41) is 22.9. The number of amidine groups is 1. The molecular formula is C23H33F2N7O. The summed E-state index contributed by atoms with van der Waals surface area (Å²) in [7, 11) is 0. The Labute approximate surface area is 192 Å². The second kappa shape index (κ2) is 11.7. The van der Waals surface area contributed by atoms with E-state index in [2.05, 4.69) is 22.5 Å². The summed E-state index contributed by atoms with van der Waals surface area (Å²) in [6.07, 6.45) is 2.97. The van der Waals surface area contributed by atoms with Crippen LogP contribution in [0.2, 0.25) is 0 Å². The molecule has 1 atom stereocenters. The van der Waals surface area contributed by atoms with Gasteiger partial charge in [-0.05, 0) is 24.5 Å². The number of piperazine rings is 1. The second-order valence-corrected chi connectivity index (χ2v) is 8.40. The molecule has 2 heterocycles. The number of rotatable bonds is 8. The number of para-hydroxylation sites is 1. The number of hydrogen-bond donors (Lipinski definition) is 5. The van der Waals surface area contributed by atoms with E-state index in [-0.39, 0.29) is 18.5 Å². The van der Waals surface area contributed by atoms with Crippen LogP contribution in [0.1, 0.15) is 31.7 Å². The van der Waals surface area contributed by atoms with E-state index in [1.807, 2.05) is 30.5 Å². The van der Waals surface area contributed by atoms with E-state index < -0.39 is 18.2 Å². The van der Waals surface area contributed by atoms with Crippen molar-refractivity contribution in [3.05, 3.63) is 36.0 Å². The smallest absolute Gasteiger partial charge is 0.286 e. The first-order valence-electron chi connectivity index (χ1n) is 11.4. The van der Waals surface area contributed by atoms with Crippen molar-refractivity contribution >= 4 is 28.6 Å². The Morgan fingerprint density at radius 3 is 2.61 bits per heavy atom. The van der Waals surface area contributed by atoms with Crippen LogP contribution < -0.4 is 10.6 Å². The number of guanidine groups is 1. The Morgan fingerprint density at radius 2 is 1.91 bits per heavy atom. The number of nitrogens with zero attached hydrogens (tertiary/aromatic N) is 2. The highest BCUT2D eigenvalue weighted by Crippen LogP contribution is 2.20. The van der Waals surface area contributed by atoms with Crippen LogP contribution in [0.4, 0.5) is 8.78 Å². The number of hydrogen-bond acceptors (Lipinski definition) is 4. The Bertz CT molecular complexity index is 953. The fraction of sp³-hybridized carbons (Fsp3) is 0.522. The molecule has 0 aliphatic carbocycles. The fourth-order valence-corrected chi connectivity index (χ4v) is 4.10. The van der Waals surface area contributed by atoms with Gasteiger partial charge < -0.3 is 20.5 Å². The van der Waals surface area contributed by atoms with Gasteiger partial charge in [-0.15, -0.1) is 0 Å². The first kappa shape index (κ1) is 24.6. The van der Waals surface area contributed by atoms with E-state index in [0.717, 1.165) is 35.7 Å². The monoisotopic (exact) mass is 461 g/mol. The largest absolute Gasteiger partial charge is 0.361 e. The third-order valence-electron chi connectivity index (χ3n) is 5.94. The summed E-state index contributed by atoms with van der Waals surface area (Å²) in [5.41, 5.74) is 2.16. The minimum absolute atomic E-state index is 0.0615. The molecule has 0 spiro atoms. The van der Waals surface area contributed by atoms with E-state index >= 15 is 0 Å². The molecule has 0 saturated carbocycles. The summed E-state index contributed by atoms with van der Waals surface area (Å²) < 4.78 is 25.1. The Morgan fingerprint density at radius 1 is 1.18 bits per heavy atom. The van der Waals surface area contributed by atoms with E-state index in [0.29, 0.717) is 32.6 Å². The zero-order valence-corrected chi connectivity index (χ0v) is 19.0. The lowest BCUT2D eigenvalue weighted by Crippen LogP contribution is -2.55. The zero-order chi connectivity index (χ0) is 23.8. The van der Waals surface area contributed by atoms with Crippen molar-refractivity contribution in [3.63, 3.8) is 0 Å². The molecule has 10 heteroatoms. The van der Waals surface area contributed by atoms with Crippen LogP contribution in [-0.4, -0.2) is 77.7 Å². The molecule has 1 aromatic heterocycles. The van der Waals surface area contributed by atoms with Crippen molar-refractivity contribution in [2.24, 2.45) is 0 Å². The number of aromatic amines is 1. The van der Waals surface area contributed by atoms with Crippen LogP contribution in [0, 0.1) is 10.8 Å². The minimum atomic E-state index is -2.38. The van der Waals surface area contributed by atoms with Gasteiger partial charge in [-0.3, -0.25) is 20.5 Å². The zero-order valence-electron chi connectivity index (χ0n) is 19.0. The van der Waals surface area contributed by atoms with E-state index in [4.69, 9.17) is 10.8 Å². The van der Waals surface area contributed by atoms with Crippen molar-refractivity contribution in [2.45, 2.75) is 45.1 Å². The highest BCUT2D eigenvalue weighted by molar-refractivity contribution is 6.39. The number of alkyl halides is 2. The average Bonchev–Trinajstić information content (AvgIpc) is 3.20. The van der Waals surface area contributed by atoms with Crippen LogP contribution in [-0.2, 0) is 11.2 Å². The quantitative estimate of drug-likeness (QED) is 0.307. The van der Waals surface area contributed by atoms with Crippen molar-refractivity contribution in [1.29, 1.82) is 10.8 Å². The summed E-state index contributed by atoms with van der Waals surface area (Å²) in [6.45, 7) is 3.44. The summed E-state index contributed by atoms with van der Waals surface area (Å²) in [4.78, 5) is 19.2. The molecule has 3 rings (SSSR count). The molecular weight excluding hydrogens is 428 g/mol. The van der Waals surface area contributed by atoms with Crippen molar-refractivity contribution in [1.82, 2.24) is 25.4 Å². The molecule has 1 amide bonds. The molecule has 0 bridgehead atoms. The summed E-state index contributed by atoms with van der Waals surface area (Å²) in [5.74, 6) is -1.01. The molecule has 1 aliphatic rings. The predicted octanol–water partition coefficient (Wildman–Crippen LogP) is 2.77. The van der Waals surface area contributed by atoms with Gasteiger partial charge in [0, 0.05) is 49.3 Å². The number of benzene rings is 1. The number of carbonyl (C=O) groups excluding carboxylic acids is 1. The minimum Gasteiger partial charge on any atom is -0.361 e. The molecule has 2 aromatic rings. The number of H-pyrrole nitrogens is 1. The van der Waals surface area contributed by atoms with Gasteiger partial charge >= 0.3 is 0 Å². The van der Waals surface area contributed by atoms with Gasteiger partial charge in [-0.2, -0.15) is 0 Å². The predicted molar refractivity (Wildman–Crippen MR) is 126 cm³/mol. The molecule has 8 nitrogen and oxygen atoms in total. The maximum absolute atomic E-state index is 12.7. The topological polar surface area (TPSA) is 111 Å². The third kappa shape index (κ3) is 6.98. The van der Waals surface area contributed by atoms with Gasteiger partial charge in [0.15, 0.2) is 11.8 Å². The SMILES string of the molecule is CCCCC(Cc1c[nH]c2ccccc12)NC(=O)C(=N)NC(=N)N1CCN(CC(F)F)CC1. The Kier molecular flexibility index (Phi) is 8.76. The van der Waals surface area contributed by atoms with E-state index in [1.54, 1.807) is 9.80 Å². The maximum atomic E-state index is 12.7. The van der Waals surface area contributed by atoms with Crippen LogP contribution in [0.3, 0.4) is 0 Å². The fourth-order valence-electron chi connectivity index (χ4n) is 4.10. The normalized spacial score (nSPS) is 15.6. The van der Waals surface area contributed by atoms with Crippen LogP contribution in [0.5, 0.6) is 0 Å².